The zero-order valence-electron chi connectivity index (χ0n) is 57.8. The summed E-state index contributed by atoms with van der Waals surface area (Å²) in [6, 6.07) is 0.555. The Morgan fingerprint density at radius 1 is 0.561 bits per heavy atom. The summed E-state index contributed by atoms with van der Waals surface area (Å²) < 4.78 is 11.7. The van der Waals surface area contributed by atoms with Crippen molar-refractivity contribution < 1.29 is 100 Å². The van der Waals surface area contributed by atoms with Crippen LogP contribution in [0.5, 0.6) is 0 Å². The first-order valence-electron chi connectivity index (χ1n) is 35.1. The van der Waals surface area contributed by atoms with Gasteiger partial charge in [-0.1, -0.05) is 180 Å². The number of hydrogen-bond acceptors (Lipinski definition) is 21. The van der Waals surface area contributed by atoms with E-state index >= 15 is 0 Å². The predicted molar refractivity (Wildman–Crippen MR) is 377 cm³/mol. The molecular formula is C76H118N2O20. The van der Waals surface area contributed by atoms with Crippen LogP contribution >= 0.6 is 0 Å². The zero-order chi connectivity index (χ0) is 72.4. The summed E-state index contributed by atoms with van der Waals surface area (Å²) in [7, 11) is 0. The highest BCUT2D eigenvalue weighted by Gasteiger charge is 2.44. The van der Waals surface area contributed by atoms with Crippen LogP contribution in [0, 0.1) is 17.8 Å². The lowest BCUT2D eigenvalue weighted by Gasteiger charge is -2.41. The molecule has 0 aromatic carbocycles. The summed E-state index contributed by atoms with van der Waals surface area (Å²) in [4.78, 5) is 37.2. The number of nitrogens with one attached hydrogen (secondary N) is 2. The van der Waals surface area contributed by atoms with E-state index in [-0.39, 0.29) is 93.8 Å². The van der Waals surface area contributed by atoms with Gasteiger partial charge in [0, 0.05) is 62.0 Å². The van der Waals surface area contributed by atoms with Gasteiger partial charge < -0.3 is 96.7 Å². The second kappa shape index (κ2) is 50.0. The maximum Gasteiger partial charge on any atom is 0.248 e. The molecule has 1 amide bonds. The third-order valence-electron chi connectivity index (χ3n) is 17.6. The molecule has 2 aliphatic carbocycles. The van der Waals surface area contributed by atoms with E-state index in [0.717, 1.165) is 25.8 Å². The van der Waals surface area contributed by atoms with E-state index in [0.29, 0.717) is 12.5 Å². The molecule has 1 saturated carbocycles. The molecule has 20 unspecified atom stereocenters. The number of amides is 1. The summed E-state index contributed by atoms with van der Waals surface area (Å²) >= 11 is 0. The molecule has 98 heavy (non-hydrogen) atoms. The number of carbonyl (C=O) groups is 3. The van der Waals surface area contributed by atoms with Crippen molar-refractivity contribution in [2.24, 2.45) is 17.8 Å². The average molecular weight is 1380 g/mol. The van der Waals surface area contributed by atoms with Crippen molar-refractivity contribution in [3.63, 3.8) is 0 Å². The Balaban J connectivity index is 1.37. The first-order chi connectivity index (χ1) is 46.7. The van der Waals surface area contributed by atoms with Gasteiger partial charge in [-0.05, 0) is 96.9 Å². The fraction of sp³-hybridized carbons (Fsp3) is 0.618. The highest BCUT2D eigenvalue weighted by molar-refractivity contribution is 6.03. The fourth-order valence-electron chi connectivity index (χ4n) is 11.5. The van der Waals surface area contributed by atoms with Crippen molar-refractivity contribution in [2.45, 2.75) is 273 Å². The van der Waals surface area contributed by atoms with E-state index in [1.807, 2.05) is 37.3 Å². The van der Waals surface area contributed by atoms with E-state index in [4.69, 9.17) is 9.47 Å². The fourth-order valence-corrected chi connectivity index (χ4v) is 11.5. The van der Waals surface area contributed by atoms with Gasteiger partial charge in [0.25, 0.3) is 0 Å². The molecule has 552 valence electrons. The smallest absolute Gasteiger partial charge is 0.248 e. The van der Waals surface area contributed by atoms with Gasteiger partial charge in [-0.15, -0.1) is 0 Å². The van der Waals surface area contributed by atoms with E-state index < -0.39 is 134 Å². The molecule has 0 radical (unpaired) electrons. The molecule has 0 aromatic heterocycles. The third kappa shape index (κ3) is 37.3. The number of aliphatic hydroxyl groups excluding tert-OH is 15. The van der Waals surface area contributed by atoms with Crippen LogP contribution in [0.15, 0.2) is 157 Å². The van der Waals surface area contributed by atoms with E-state index in [1.165, 1.54) is 69.4 Å². The van der Waals surface area contributed by atoms with E-state index in [1.54, 1.807) is 98.9 Å². The van der Waals surface area contributed by atoms with Crippen LogP contribution in [0.1, 0.15) is 163 Å². The van der Waals surface area contributed by atoms with Gasteiger partial charge in [-0.3, -0.25) is 14.4 Å². The van der Waals surface area contributed by atoms with Crippen molar-refractivity contribution in [3.8, 4) is 0 Å². The number of allylic oxidation sites excluding steroid dienone is 18. The molecule has 0 spiro atoms. The van der Waals surface area contributed by atoms with E-state index in [2.05, 4.69) is 10.6 Å². The Morgan fingerprint density at radius 3 is 1.69 bits per heavy atom. The number of carbonyl (C=O) groups excluding carboxylic acids is 3. The van der Waals surface area contributed by atoms with Gasteiger partial charge in [0.1, 0.15) is 35.6 Å². The van der Waals surface area contributed by atoms with Crippen LogP contribution in [0.25, 0.3) is 0 Å². The van der Waals surface area contributed by atoms with Gasteiger partial charge in [-0.2, -0.15) is 0 Å². The number of rotatable bonds is 48. The summed E-state index contributed by atoms with van der Waals surface area (Å²) in [5, 5.41) is 164. The van der Waals surface area contributed by atoms with Crippen LogP contribution in [-0.2, 0) is 23.9 Å². The molecule has 17 N–H and O–H groups in total. The molecule has 0 aromatic rings. The number of ether oxygens (including phenoxy) is 2. The van der Waals surface area contributed by atoms with Crippen LogP contribution in [-0.4, -0.2) is 211 Å². The number of unbranched alkanes of at least 4 members (excludes halogenated alkanes) is 1. The molecule has 22 heteroatoms. The van der Waals surface area contributed by atoms with Crippen molar-refractivity contribution in [3.05, 3.63) is 157 Å². The Labute approximate surface area is 580 Å². The van der Waals surface area contributed by atoms with Gasteiger partial charge in [0.05, 0.1) is 79.4 Å². The summed E-state index contributed by atoms with van der Waals surface area (Å²) in [6.45, 7) is 7.56. The summed E-state index contributed by atoms with van der Waals surface area (Å²) in [5.74, 6) is -2.90. The zero-order valence-corrected chi connectivity index (χ0v) is 57.8. The molecule has 3 aliphatic rings. The van der Waals surface area contributed by atoms with Crippen molar-refractivity contribution in [2.75, 3.05) is 6.54 Å². The van der Waals surface area contributed by atoms with Crippen molar-refractivity contribution in [1.82, 2.24) is 10.6 Å². The second-order valence-corrected chi connectivity index (χ2v) is 26.4. The van der Waals surface area contributed by atoms with Crippen molar-refractivity contribution in [1.29, 1.82) is 0 Å². The van der Waals surface area contributed by atoms with Gasteiger partial charge in [-0.25, -0.2) is 0 Å². The molecule has 20 atom stereocenters. The largest absolute Gasteiger partial charge is 0.510 e. The Hall–Kier alpha value is -5.45. The first kappa shape index (κ1) is 86.8. The maximum atomic E-state index is 13.6. The molecule has 1 saturated heterocycles. The second-order valence-electron chi connectivity index (χ2n) is 26.4. The van der Waals surface area contributed by atoms with Gasteiger partial charge in [0.2, 0.25) is 5.91 Å². The van der Waals surface area contributed by atoms with Crippen LogP contribution in [0.4, 0.5) is 0 Å². The first-order valence-corrected chi connectivity index (χ1v) is 35.1. The normalized spacial score (nSPS) is 24.5. The van der Waals surface area contributed by atoms with Gasteiger partial charge in [0.15, 0.2) is 12.1 Å². The molecule has 22 nitrogen and oxygen atoms in total. The van der Waals surface area contributed by atoms with Crippen LogP contribution in [0.2, 0.25) is 0 Å². The SMILES string of the molecule is CC(/C=C/CC/C=C/C=C/C=C/C=C/C(=O)NC1=C(O)CCC1=O)C(O)C(C)C(O)/C=C/C=C/C=C/C=C/C=C/CC(OC1OC(C)C(O)C(O)C1O)C(C)C(=O)CC(O)CC(O)CC(O)/C=C/CC(O)CC(O)CC(O)CC(O)/C=C/CC(O)CC(O)CCCNC1CCCCC1. The quantitative estimate of drug-likeness (QED) is 0.0145. The predicted octanol–water partition coefficient (Wildman–Crippen LogP) is 5.95. The van der Waals surface area contributed by atoms with Gasteiger partial charge >= 0.3 is 0 Å². The average Bonchev–Trinajstić information content (AvgIpc) is 0.969. The highest BCUT2D eigenvalue weighted by Crippen LogP contribution is 2.28. The molecule has 0 bridgehead atoms. The minimum absolute atomic E-state index is 0.0258. The Kier molecular flexibility index (Phi) is 44.3. The standard InChI is InChI=1S/C76H118N2O20/c1-51(30-21-16-12-8-5-6-11-15-19-26-40-70(92)78-71-66(89)41-42-67(71)90)72(93)53(3)65(88)38-24-17-13-9-7-10-14-18-25-39-69(98-76-75(96)74(95)73(94)54(4)97-76)52(2)68(91)50-64(87)49-63(86)47-59(82)36-28-35-58(81)46-62(85)48-61(84)45-57(80)34-27-33-56(79)44-60(83)37-29-43-77-55-31-22-20-23-32-55/h5-11,13-15,17-19,21,24-28,30,34,36,38,40,51-65,69,72-77,79-89,93-96H,12,16,20,22-23,29,31-33,35,37,39,41-50H2,1-4H3,(H,78,92)/b8-5+,9-7+,11-6+,14-10+,17-13+,19-15+,25-18+,30-21+,34-27+,36-28+,38-24+,40-26+. The molecule has 1 heterocycles. The monoisotopic (exact) mass is 1380 g/mol. The lowest BCUT2D eigenvalue weighted by atomic mass is 9.88. The maximum absolute atomic E-state index is 13.6. The number of Topliss-reactive ketones (excluding diaryl/α,β-unsaturated/α-hetero) is 2. The van der Waals surface area contributed by atoms with E-state index in [9.17, 15) is 91.0 Å². The molecule has 1 aliphatic heterocycles. The molecule has 3 rings (SSSR count). The molecule has 2 fully saturated rings. The number of hydrogen-bond donors (Lipinski definition) is 17. The van der Waals surface area contributed by atoms with Crippen LogP contribution < -0.4 is 10.6 Å². The van der Waals surface area contributed by atoms with Crippen LogP contribution in [0.3, 0.4) is 0 Å². The Morgan fingerprint density at radius 2 is 1.09 bits per heavy atom. The highest BCUT2D eigenvalue weighted by atomic mass is 16.7. The minimum Gasteiger partial charge on any atom is -0.510 e. The third-order valence-corrected chi connectivity index (χ3v) is 17.6. The topological polar surface area (TPSA) is 397 Å². The lowest BCUT2D eigenvalue weighted by molar-refractivity contribution is -0.306. The lowest BCUT2D eigenvalue weighted by Crippen LogP contribution is -2.58. The number of aliphatic hydroxyl groups is 15. The minimum atomic E-state index is -1.65. The van der Waals surface area contributed by atoms with Crippen molar-refractivity contribution >= 4 is 17.5 Å². The summed E-state index contributed by atoms with van der Waals surface area (Å²) in [6.07, 6.45) is 30.6. The Bertz CT molecular complexity index is 2670. The number of ketones is 2. The summed E-state index contributed by atoms with van der Waals surface area (Å²) in [5.41, 5.74) is -0.0406. The molecular weight excluding hydrogens is 1260 g/mol.